The van der Waals surface area contributed by atoms with Crippen LogP contribution in [0.3, 0.4) is 0 Å². The molecule has 1 amide bonds. The van der Waals surface area contributed by atoms with Crippen LogP contribution in [0.15, 0.2) is 60.7 Å². The maximum atomic E-state index is 13.9. The van der Waals surface area contributed by atoms with E-state index in [0.717, 1.165) is 19.3 Å². The first-order valence-electron chi connectivity index (χ1n) is 22.2. The van der Waals surface area contributed by atoms with Gasteiger partial charge >= 0.3 is 24.0 Å². The molecule has 3 N–H and O–H groups in total. The van der Waals surface area contributed by atoms with Gasteiger partial charge in [-0.3, -0.25) is 4.79 Å². The maximum Gasteiger partial charge on any atom is 0.408 e. The SMILES string of the molecule is C[C@H](CCC(=O)OC(C)(C)C)[C@H]1CC[C@H]2[C@@H]3[C@H](OC(=O)c4ccccc4)C[C@@H]4C[C@H](OC(=O)[C@H](O)[C@@H](NC(=O)OC(C)(C)C)c5ccccc5)CC[C@]4(C)[C@H]3C[C@H](O)[C@]12C. The van der Waals surface area contributed by atoms with E-state index in [1.54, 1.807) is 57.2 Å². The number of aliphatic hydroxyl groups is 2. The number of hydrogen-bond acceptors (Lipinski definition) is 10. The van der Waals surface area contributed by atoms with Crippen LogP contribution in [0.2, 0.25) is 0 Å². The molecule has 0 bridgehead atoms. The second kappa shape index (κ2) is 17.8. The Morgan fingerprint density at radius 1 is 0.817 bits per heavy atom. The average Bonchev–Trinajstić information content (AvgIpc) is 3.54. The van der Waals surface area contributed by atoms with Gasteiger partial charge in [0.05, 0.1) is 17.7 Å². The summed E-state index contributed by atoms with van der Waals surface area (Å²) in [7, 11) is 0. The van der Waals surface area contributed by atoms with Crippen LogP contribution in [-0.2, 0) is 28.5 Å². The maximum absolute atomic E-state index is 13.9. The van der Waals surface area contributed by atoms with Gasteiger partial charge in [0, 0.05) is 12.3 Å². The van der Waals surface area contributed by atoms with Crippen molar-refractivity contribution in [3.05, 3.63) is 71.8 Å². The third kappa shape index (κ3) is 9.88. The molecule has 2 aromatic carbocycles. The van der Waals surface area contributed by atoms with Gasteiger partial charge in [0.1, 0.15) is 23.4 Å². The van der Waals surface area contributed by atoms with Gasteiger partial charge in [-0.25, -0.2) is 14.4 Å². The van der Waals surface area contributed by atoms with E-state index in [9.17, 15) is 29.4 Å². The normalized spacial score (nSPS) is 32.8. The Morgan fingerprint density at radius 2 is 1.45 bits per heavy atom. The van der Waals surface area contributed by atoms with Crippen LogP contribution >= 0.6 is 0 Å². The molecule has 0 aromatic heterocycles. The number of amides is 1. The number of esters is 3. The van der Waals surface area contributed by atoms with Gasteiger partial charge in [-0.2, -0.15) is 0 Å². The number of rotatable bonds is 11. The number of benzene rings is 2. The molecule has 0 aliphatic heterocycles. The third-order valence-electron chi connectivity index (χ3n) is 14.6. The molecule has 0 heterocycles. The van der Waals surface area contributed by atoms with Crippen LogP contribution in [0.5, 0.6) is 0 Å². The van der Waals surface area contributed by atoms with Gasteiger partial charge in [0.25, 0.3) is 0 Å². The summed E-state index contributed by atoms with van der Waals surface area (Å²) in [6.07, 6.45) is 1.80. The van der Waals surface area contributed by atoms with E-state index in [-0.39, 0.29) is 52.9 Å². The highest BCUT2D eigenvalue weighted by atomic mass is 16.6. The highest BCUT2D eigenvalue weighted by Crippen LogP contribution is 2.69. The molecule has 4 fully saturated rings. The van der Waals surface area contributed by atoms with Crippen molar-refractivity contribution in [1.29, 1.82) is 0 Å². The molecular weight excluding hydrogens is 763 g/mol. The predicted molar refractivity (Wildman–Crippen MR) is 226 cm³/mol. The second-order valence-electron chi connectivity index (χ2n) is 20.8. The Morgan fingerprint density at radius 3 is 2.08 bits per heavy atom. The minimum Gasteiger partial charge on any atom is -0.460 e. The van der Waals surface area contributed by atoms with E-state index >= 15 is 0 Å². The van der Waals surface area contributed by atoms with E-state index < -0.39 is 59.1 Å². The quantitative estimate of drug-likeness (QED) is 0.148. The topological polar surface area (TPSA) is 158 Å². The van der Waals surface area contributed by atoms with Crippen molar-refractivity contribution in [2.45, 2.75) is 162 Å². The third-order valence-corrected chi connectivity index (χ3v) is 14.6. The van der Waals surface area contributed by atoms with Crippen LogP contribution in [0.4, 0.5) is 4.79 Å². The molecule has 4 aliphatic carbocycles. The first kappa shape index (κ1) is 45.6. The van der Waals surface area contributed by atoms with Crippen molar-refractivity contribution in [3.63, 3.8) is 0 Å². The lowest BCUT2D eigenvalue weighted by molar-refractivity contribution is -0.210. The van der Waals surface area contributed by atoms with E-state index in [1.807, 2.05) is 45.0 Å². The number of hydrogen-bond donors (Lipinski definition) is 3. The van der Waals surface area contributed by atoms with Crippen molar-refractivity contribution in [2.75, 3.05) is 0 Å². The molecule has 0 saturated heterocycles. The molecule has 6 rings (SSSR count). The molecule has 11 heteroatoms. The molecule has 0 radical (unpaired) electrons. The van der Waals surface area contributed by atoms with Crippen LogP contribution in [0.1, 0.15) is 142 Å². The molecule has 4 saturated carbocycles. The number of carbonyl (C=O) groups is 4. The Labute approximate surface area is 356 Å². The van der Waals surface area contributed by atoms with Crippen molar-refractivity contribution >= 4 is 24.0 Å². The Kier molecular flexibility index (Phi) is 13.5. The number of nitrogens with one attached hydrogen (secondary N) is 1. The number of fused-ring (bicyclic) bond motifs is 5. The summed E-state index contributed by atoms with van der Waals surface area (Å²) in [4.78, 5) is 53.2. The van der Waals surface area contributed by atoms with E-state index in [2.05, 4.69) is 26.1 Å². The fourth-order valence-corrected chi connectivity index (χ4v) is 11.8. The second-order valence-corrected chi connectivity index (χ2v) is 20.8. The number of carbonyl (C=O) groups excluding carboxylic acids is 4. The first-order valence-corrected chi connectivity index (χ1v) is 22.2. The zero-order valence-electron chi connectivity index (χ0n) is 37.1. The minimum atomic E-state index is -1.70. The monoisotopic (exact) mass is 831 g/mol. The van der Waals surface area contributed by atoms with Crippen molar-refractivity contribution in [3.8, 4) is 0 Å². The lowest BCUT2D eigenvalue weighted by Gasteiger charge is -2.64. The molecule has 60 heavy (non-hydrogen) atoms. The van der Waals surface area contributed by atoms with E-state index in [4.69, 9.17) is 18.9 Å². The lowest BCUT2D eigenvalue weighted by Crippen LogP contribution is -2.63. The van der Waals surface area contributed by atoms with Gasteiger partial charge in [-0.1, -0.05) is 69.3 Å². The lowest BCUT2D eigenvalue weighted by atomic mass is 9.43. The van der Waals surface area contributed by atoms with Crippen LogP contribution in [0.25, 0.3) is 0 Å². The van der Waals surface area contributed by atoms with Crippen molar-refractivity contribution < 1.29 is 48.3 Å². The number of ether oxygens (including phenoxy) is 4. The molecule has 11 nitrogen and oxygen atoms in total. The number of alkyl carbamates (subject to hydrolysis) is 1. The standard InChI is InChI=1S/C49H69NO10/c1-29(20-23-39(52)59-46(2,3)4)34-21-22-35-40-36(28-38(51)49(34,35)9)48(8)25-24-33(26-32(48)27-37(40)58-43(54)31-18-14-11-15-19-31)57-44(55)42(53)41(30-16-12-10-13-17-30)50-45(56)60-47(5,6)7/h10-19,29,32-38,40-42,51,53H,20-28H2,1-9H3,(H,50,56)/t29-,32+,33-,34-,35+,36+,37-,38+,40+,41+,42-,48+,49-/m1/s1. The Hall–Kier alpha value is -3.96. The van der Waals surface area contributed by atoms with E-state index in [0.29, 0.717) is 49.7 Å². The molecule has 13 atom stereocenters. The number of aliphatic hydroxyl groups excluding tert-OH is 2. The fourth-order valence-electron chi connectivity index (χ4n) is 11.8. The summed E-state index contributed by atoms with van der Waals surface area (Å²) in [6.45, 7) is 17.6. The van der Waals surface area contributed by atoms with Crippen LogP contribution < -0.4 is 5.32 Å². The summed E-state index contributed by atoms with van der Waals surface area (Å²) in [5.41, 5.74) is -0.977. The van der Waals surface area contributed by atoms with Gasteiger partial charge in [-0.05, 0) is 151 Å². The predicted octanol–water partition coefficient (Wildman–Crippen LogP) is 8.75. The Bertz CT molecular complexity index is 1820. The van der Waals surface area contributed by atoms with E-state index in [1.165, 1.54) is 0 Å². The fraction of sp³-hybridized carbons (Fsp3) is 0.673. The molecule has 0 spiro atoms. The zero-order chi connectivity index (χ0) is 43.8. The van der Waals surface area contributed by atoms with Crippen molar-refractivity contribution in [2.24, 2.45) is 46.3 Å². The summed E-state index contributed by atoms with van der Waals surface area (Å²) in [5.74, 6) is -0.884. The van der Waals surface area contributed by atoms with Crippen LogP contribution in [0, 0.1) is 46.3 Å². The molecule has 4 aliphatic rings. The van der Waals surface area contributed by atoms with Crippen LogP contribution in [-0.4, -0.2) is 69.8 Å². The first-order chi connectivity index (χ1) is 28.1. The molecule has 2 aromatic rings. The highest BCUT2D eigenvalue weighted by molar-refractivity contribution is 5.89. The smallest absolute Gasteiger partial charge is 0.408 e. The summed E-state index contributed by atoms with van der Waals surface area (Å²) in [5, 5.41) is 26.5. The zero-order valence-corrected chi connectivity index (χ0v) is 37.1. The molecule has 0 unspecified atom stereocenters. The Balaban J connectivity index is 1.22. The minimum absolute atomic E-state index is 0.00216. The molecule has 330 valence electrons. The highest BCUT2D eigenvalue weighted by Gasteiger charge is 2.66. The van der Waals surface area contributed by atoms with Gasteiger partial charge in [0.15, 0.2) is 6.10 Å². The largest absolute Gasteiger partial charge is 0.460 e. The van der Waals surface area contributed by atoms with Gasteiger partial charge < -0.3 is 34.5 Å². The average molecular weight is 832 g/mol. The van der Waals surface area contributed by atoms with Gasteiger partial charge in [0.2, 0.25) is 0 Å². The summed E-state index contributed by atoms with van der Waals surface area (Å²) in [6, 6.07) is 16.7. The van der Waals surface area contributed by atoms with Gasteiger partial charge in [-0.15, -0.1) is 0 Å². The summed E-state index contributed by atoms with van der Waals surface area (Å²) < 4.78 is 23.8. The molecular formula is C49H69NO10. The van der Waals surface area contributed by atoms with Crippen molar-refractivity contribution in [1.82, 2.24) is 5.32 Å². The summed E-state index contributed by atoms with van der Waals surface area (Å²) >= 11 is 0.